The summed E-state index contributed by atoms with van der Waals surface area (Å²) in [6, 6.07) is 0. The van der Waals surface area contributed by atoms with E-state index in [4.69, 9.17) is 0 Å². The number of rotatable bonds is 1. The molecule has 3 unspecified atom stereocenters. The van der Waals surface area contributed by atoms with Gasteiger partial charge in [-0.15, -0.1) is 0 Å². The number of fused-ring (bicyclic) bond motifs is 3. The molecule has 0 radical (unpaired) electrons. The number of amides is 1. The summed E-state index contributed by atoms with van der Waals surface area (Å²) in [5, 5.41) is 0. The third-order valence-electron chi connectivity index (χ3n) is 4.13. The molecule has 14 heavy (non-hydrogen) atoms. The molecule has 2 saturated heterocycles. The molecule has 3 atom stereocenters. The Bertz CT molecular complexity index is 236. The van der Waals surface area contributed by atoms with Crippen LogP contribution in [0.2, 0.25) is 0 Å². The van der Waals surface area contributed by atoms with Crippen LogP contribution in [-0.4, -0.2) is 23.9 Å². The van der Waals surface area contributed by atoms with Crippen molar-refractivity contribution in [3.63, 3.8) is 0 Å². The normalized spacial score (nSPS) is 36.6. The van der Waals surface area contributed by atoms with Crippen molar-refractivity contribution in [1.29, 1.82) is 0 Å². The monoisotopic (exact) mass is 195 g/mol. The molecule has 0 spiro atoms. The standard InChI is InChI=1S/C12H21NO/c1-8(2)12-10-4-5-13(9(3)14)7-11(12)6-10/h8,10-12H,4-7H2,1-3H3. The zero-order chi connectivity index (χ0) is 10.3. The van der Waals surface area contributed by atoms with Gasteiger partial charge in [0.1, 0.15) is 0 Å². The first-order valence-electron chi connectivity index (χ1n) is 5.85. The van der Waals surface area contributed by atoms with E-state index in [1.807, 2.05) is 4.90 Å². The van der Waals surface area contributed by atoms with Crippen LogP contribution in [-0.2, 0) is 4.79 Å². The van der Waals surface area contributed by atoms with E-state index in [1.54, 1.807) is 6.92 Å². The molecule has 1 amide bonds. The number of carbonyl (C=O) groups excluding carboxylic acids is 1. The van der Waals surface area contributed by atoms with Gasteiger partial charge in [-0.05, 0) is 36.5 Å². The van der Waals surface area contributed by atoms with Crippen molar-refractivity contribution in [1.82, 2.24) is 4.90 Å². The first-order valence-corrected chi connectivity index (χ1v) is 5.85. The van der Waals surface area contributed by atoms with Crippen LogP contribution in [0.15, 0.2) is 0 Å². The van der Waals surface area contributed by atoms with Crippen molar-refractivity contribution in [3.8, 4) is 0 Å². The lowest BCUT2D eigenvalue weighted by molar-refractivity contribution is -0.129. The highest BCUT2D eigenvalue weighted by molar-refractivity contribution is 5.73. The summed E-state index contributed by atoms with van der Waals surface area (Å²) in [6.07, 6.45) is 2.60. The molecule has 2 heteroatoms. The molecule has 2 bridgehead atoms. The highest BCUT2D eigenvalue weighted by Crippen LogP contribution is 2.48. The Kier molecular flexibility index (Phi) is 2.54. The molecular weight excluding hydrogens is 174 g/mol. The van der Waals surface area contributed by atoms with Gasteiger partial charge in [0, 0.05) is 20.0 Å². The molecule has 0 N–H and O–H groups in total. The van der Waals surface area contributed by atoms with Gasteiger partial charge in [0.25, 0.3) is 0 Å². The van der Waals surface area contributed by atoms with Crippen LogP contribution in [0.5, 0.6) is 0 Å². The minimum absolute atomic E-state index is 0.264. The van der Waals surface area contributed by atoms with Gasteiger partial charge in [0.15, 0.2) is 0 Å². The van der Waals surface area contributed by atoms with E-state index in [0.717, 1.165) is 36.8 Å². The van der Waals surface area contributed by atoms with Crippen molar-refractivity contribution < 1.29 is 4.79 Å². The van der Waals surface area contributed by atoms with Gasteiger partial charge in [0.05, 0.1) is 0 Å². The Morgan fingerprint density at radius 2 is 2.07 bits per heavy atom. The van der Waals surface area contributed by atoms with Crippen LogP contribution in [0.25, 0.3) is 0 Å². The van der Waals surface area contributed by atoms with Crippen molar-refractivity contribution in [2.24, 2.45) is 23.7 Å². The van der Waals surface area contributed by atoms with E-state index >= 15 is 0 Å². The topological polar surface area (TPSA) is 20.3 Å². The lowest BCUT2D eigenvalue weighted by Gasteiger charge is -2.45. The molecule has 3 aliphatic rings. The van der Waals surface area contributed by atoms with E-state index in [-0.39, 0.29) is 5.91 Å². The Balaban J connectivity index is 2.03. The van der Waals surface area contributed by atoms with Crippen molar-refractivity contribution in [3.05, 3.63) is 0 Å². The summed E-state index contributed by atoms with van der Waals surface area (Å²) in [6.45, 7) is 8.38. The Hall–Kier alpha value is -0.530. The van der Waals surface area contributed by atoms with Crippen LogP contribution < -0.4 is 0 Å². The van der Waals surface area contributed by atoms with Gasteiger partial charge in [-0.3, -0.25) is 4.79 Å². The fourth-order valence-corrected chi connectivity index (χ4v) is 3.47. The third kappa shape index (κ3) is 1.55. The van der Waals surface area contributed by atoms with Crippen LogP contribution in [0.3, 0.4) is 0 Å². The first-order chi connectivity index (χ1) is 6.59. The van der Waals surface area contributed by atoms with E-state index in [9.17, 15) is 4.79 Å². The highest BCUT2D eigenvalue weighted by atomic mass is 16.2. The molecule has 3 rings (SSSR count). The average Bonchev–Trinajstić information content (AvgIpc) is 2.31. The fraction of sp³-hybridized carbons (Fsp3) is 0.917. The Morgan fingerprint density at radius 1 is 1.36 bits per heavy atom. The van der Waals surface area contributed by atoms with Crippen molar-refractivity contribution in [2.45, 2.75) is 33.6 Å². The molecule has 1 aliphatic carbocycles. The quantitative estimate of drug-likeness (QED) is 0.628. The Morgan fingerprint density at radius 3 is 2.64 bits per heavy atom. The smallest absolute Gasteiger partial charge is 0.219 e. The van der Waals surface area contributed by atoms with Gasteiger partial charge in [-0.25, -0.2) is 0 Å². The van der Waals surface area contributed by atoms with E-state index < -0.39 is 0 Å². The predicted molar refractivity (Wildman–Crippen MR) is 56.8 cm³/mol. The zero-order valence-electron chi connectivity index (χ0n) is 9.49. The molecule has 2 aliphatic heterocycles. The number of nitrogens with zero attached hydrogens (tertiary/aromatic N) is 1. The Labute approximate surface area is 86.7 Å². The second kappa shape index (κ2) is 3.56. The molecule has 80 valence electrons. The van der Waals surface area contributed by atoms with Gasteiger partial charge < -0.3 is 4.90 Å². The van der Waals surface area contributed by atoms with Crippen LogP contribution >= 0.6 is 0 Å². The summed E-state index contributed by atoms with van der Waals surface area (Å²) in [4.78, 5) is 13.4. The van der Waals surface area contributed by atoms with E-state index in [0.29, 0.717) is 0 Å². The summed E-state index contributed by atoms with van der Waals surface area (Å²) in [7, 11) is 0. The fourth-order valence-electron chi connectivity index (χ4n) is 3.47. The summed E-state index contributed by atoms with van der Waals surface area (Å²) >= 11 is 0. The SMILES string of the molecule is CC(=O)N1CCC2CC(C1)C2C(C)C. The summed E-state index contributed by atoms with van der Waals surface area (Å²) < 4.78 is 0. The molecule has 0 aromatic carbocycles. The van der Waals surface area contributed by atoms with Gasteiger partial charge in [-0.1, -0.05) is 13.8 Å². The third-order valence-corrected chi connectivity index (χ3v) is 4.13. The first kappa shape index (κ1) is 10.0. The molecular formula is C12H21NO. The maximum absolute atomic E-state index is 11.3. The average molecular weight is 195 g/mol. The zero-order valence-corrected chi connectivity index (χ0v) is 9.49. The van der Waals surface area contributed by atoms with Gasteiger partial charge in [-0.2, -0.15) is 0 Å². The lowest BCUT2D eigenvalue weighted by Crippen LogP contribution is -2.42. The molecule has 3 fully saturated rings. The minimum atomic E-state index is 0.264. The predicted octanol–water partition coefficient (Wildman–Crippen LogP) is 2.15. The van der Waals surface area contributed by atoms with Crippen LogP contribution in [0.1, 0.15) is 33.6 Å². The minimum Gasteiger partial charge on any atom is -0.343 e. The van der Waals surface area contributed by atoms with E-state index in [2.05, 4.69) is 13.8 Å². The van der Waals surface area contributed by atoms with Gasteiger partial charge >= 0.3 is 0 Å². The number of carbonyl (C=O) groups is 1. The van der Waals surface area contributed by atoms with E-state index in [1.165, 1.54) is 12.8 Å². The van der Waals surface area contributed by atoms with Crippen LogP contribution in [0.4, 0.5) is 0 Å². The van der Waals surface area contributed by atoms with Gasteiger partial charge in [0.2, 0.25) is 5.91 Å². The second-order valence-electron chi connectivity index (χ2n) is 5.33. The lowest BCUT2D eigenvalue weighted by atomic mass is 9.60. The number of hydrogen-bond donors (Lipinski definition) is 0. The highest BCUT2D eigenvalue weighted by Gasteiger charge is 2.45. The van der Waals surface area contributed by atoms with Crippen molar-refractivity contribution >= 4 is 5.91 Å². The maximum atomic E-state index is 11.3. The second-order valence-corrected chi connectivity index (χ2v) is 5.33. The van der Waals surface area contributed by atoms with Crippen molar-refractivity contribution in [2.75, 3.05) is 13.1 Å². The largest absolute Gasteiger partial charge is 0.343 e. The molecule has 1 saturated carbocycles. The summed E-state index contributed by atoms with van der Waals surface area (Å²) in [5.74, 6) is 3.65. The van der Waals surface area contributed by atoms with Crippen LogP contribution in [0, 0.1) is 23.7 Å². The molecule has 2 nitrogen and oxygen atoms in total. The number of hydrogen-bond acceptors (Lipinski definition) is 1. The summed E-state index contributed by atoms with van der Waals surface area (Å²) in [5.41, 5.74) is 0. The molecule has 0 aromatic rings. The molecule has 2 heterocycles. The maximum Gasteiger partial charge on any atom is 0.219 e. The molecule has 0 aromatic heterocycles.